The number of carbonyl (C=O) groups excluding carboxylic acids is 2. The van der Waals surface area contributed by atoms with Crippen LogP contribution in [-0.4, -0.2) is 45.6 Å². The maximum absolute atomic E-state index is 13.0. The summed E-state index contributed by atoms with van der Waals surface area (Å²) in [6.45, 7) is 4.12. The van der Waals surface area contributed by atoms with Gasteiger partial charge in [-0.05, 0) is 37.1 Å². The van der Waals surface area contributed by atoms with Crippen molar-refractivity contribution in [2.45, 2.75) is 20.4 Å². The fraction of sp³-hybridized carbons (Fsp3) is 0.238. The van der Waals surface area contributed by atoms with Crippen molar-refractivity contribution >= 4 is 23.3 Å². The Balaban J connectivity index is 1.59. The number of aromatic amines is 1. The van der Waals surface area contributed by atoms with Crippen molar-refractivity contribution in [2.75, 3.05) is 23.8 Å². The topological polar surface area (TPSA) is 94.2 Å². The quantitative estimate of drug-likeness (QED) is 0.703. The van der Waals surface area contributed by atoms with E-state index in [1.807, 2.05) is 56.3 Å². The van der Waals surface area contributed by atoms with Gasteiger partial charge in [-0.2, -0.15) is 5.10 Å². The number of H-pyrrole nitrogens is 1. The Labute approximate surface area is 168 Å². The van der Waals surface area contributed by atoms with Gasteiger partial charge in [0.1, 0.15) is 12.4 Å². The molecule has 1 aromatic heterocycles. The summed E-state index contributed by atoms with van der Waals surface area (Å²) in [7, 11) is 1.73. The van der Waals surface area contributed by atoms with Crippen molar-refractivity contribution in [3.05, 3.63) is 59.4 Å². The lowest BCUT2D eigenvalue weighted by Gasteiger charge is -2.21. The molecule has 0 fully saturated rings. The molecule has 148 valence electrons. The van der Waals surface area contributed by atoms with E-state index in [4.69, 9.17) is 0 Å². The third-order valence-electron chi connectivity index (χ3n) is 5.04. The van der Waals surface area contributed by atoms with E-state index in [1.165, 1.54) is 4.90 Å². The lowest BCUT2D eigenvalue weighted by molar-refractivity contribution is -0.118. The van der Waals surface area contributed by atoms with Crippen LogP contribution in [-0.2, 0) is 11.3 Å². The SMILES string of the molecule is Cc1nc(-c2ccc(C)c(NC(=O)N3CC(=O)N(C)c4ccccc4C3)c2)n[nH]1. The van der Waals surface area contributed by atoms with Crippen LogP contribution in [0.15, 0.2) is 42.5 Å². The normalized spacial score (nSPS) is 13.8. The van der Waals surface area contributed by atoms with Gasteiger partial charge in [0.2, 0.25) is 5.91 Å². The van der Waals surface area contributed by atoms with Crippen molar-refractivity contribution in [3.8, 4) is 11.4 Å². The van der Waals surface area contributed by atoms with Crippen LogP contribution in [0.25, 0.3) is 11.4 Å². The zero-order chi connectivity index (χ0) is 20.5. The highest BCUT2D eigenvalue weighted by molar-refractivity contribution is 6.00. The molecular formula is C21H22N6O2. The molecule has 0 saturated heterocycles. The van der Waals surface area contributed by atoms with Gasteiger partial charge in [-0.3, -0.25) is 9.89 Å². The lowest BCUT2D eigenvalue weighted by Crippen LogP contribution is -2.40. The maximum atomic E-state index is 13.0. The molecular weight excluding hydrogens is 368 g/mol. The second-order valence-corrected chi connectivity index (χ2v) is 7.14. The number of aryl methyl sites for hydroxylation is 2. The summed E-state index contributed by atoms with van der Waals surface area (Å²) in [4.78, 5) is 33.0. The third kappa shape index (κ3) is 3.69. The minimum absolute atomic E-state index is 0.00979. The number of rotatable bonds is 2. The van der Waals surface area contributed by atoms with Crippen molar-refractivity contribution < 1.29 is 9.59 Å². The summed E-state index contributed by atoms with van der Waals surface area (Å²) < 4.78 is 0. The predicted octanol–water partition coefficient (Wildman–Crippen LogP) is 3.10. The molecule has 0 bridgehead atoms. The second-order valence-electron chi connectivity index (χ2n) is 7.14. The smallest absolute Gasteiger partial charge is 0.314 e. The Hall–Kier alpha value is -3.68. The molecule has 4 rings (SSSR count). The highest BCUT2D eigenvalue weighted by Gasteiger charge is 2.26. The molecule has 8 nitrogen and oxygen atoms in total. The van der Waals surface area contributed by atoms with Crippen LogP contribution in [0.3, 0.4) is 0 Å². The van der Waals surface area contributed by atoms with Crippen molar-refractivity contribution in [1.29, 1.82) is 0 Å². The number of benzene rings is 2. The van der Waals surface area contributed by atoms with E-state index in [1.54, 1.807) is 11.9 Å². The number of aromatic nitrogens is 3. The molecule has 2 N–H and O–H groups in total. The van der Waals surface area contributed by atoms with Crippen LogP contribution in [0.1, 0.15) is 17.0 Å². The molecule has 3 aromatic rings. The van der Waals surface area contributed by atoms with Crippen LogP contribution >= 0.6 is 0 Å². The van der Waals surface area contributed by atoms with E-state index in [0.29, 0.717) is 18.1 Å². The number of para-hydroxylation sites is 1. The van der Waals surface area contributed by atoms with Gasteiger partial charge in [0.15, 0.2) is 5.82 Å². The molecule has 0 atom stereocenters. The van der Waals surface area contributed by atoms with E-state index in [9.17, 15) is 9.59 Å². The molecule has 0 saturated carbocycles. The molecule has 0 radical (unpaired) electrons. The fourth-order valence-corrected chi connectivity index (χ4v) is 3.34. The lowest BCUT2D eigenvalue weighted by atomic mass is 10.1. The Morgan fingerprint density at radius 2 is 1.93 bits per heavy atom. The van der Waals surface area contributed by atoms with E-state index in [-0.39, 0.29) is 18.5 Å². The van der Waals surface area contributed by atoms with Gasteiger partial charge in [0.05, 0.1) is 6.54 Å². The highest BCUT2D eigenvalue weighted by Crippen LogP contribution is 2.26. The number of likely N-dealkylation sites (N-methyl/N-ethyl adjacent to an activating group) is 1. The molecule has 3 amide bonds. The van der Waals surface area contributed by atoms with Crippen LogP contribution in [0.2, 0.25) is 0 Å². The first-order valence-corrected chi connectivity index (χ1v) is 9.33. The minimum Gasteiger partial charge on any atom is -0.314 e. The van der Waals surface area contributed by atoms with Gasteiger partial charge in [0.25, 0.3) is 0 Å². The summed E-state index contributed by atoms with van der Waals surface area (Å²) in [5.74, 6) is 1.15. The molecule has 8 heteroatoms. The number of fused-ring (bicyclic) bond motifs is 1. The Morgan fingerprint density at radius 3 is 2.69 bits per heavy atom. The first kappa shape index (κ1) is 18.7. The van der Waals surface area contributed by atoms with E-state index < -0.39 is 0 Å². The monoisotopic (exact) mass is 390 g/mol. The largest absolute Gasteiger partial charge is 0.322 e. The van der Waals surface area contributed by atoms with Gasteiger partial charge in [0, 0.05) is 24.0 Å². The number of anilines is 2. The molecule has 0 spiro atoms. The number of nitrogens with zero attached hydrogens (tertiary/aromatic N) is 4. The summed E-state index contributed by atoms with van der Waals surface area (Å²) in [5, 5.41) is 9.93. The molecule has 0 unspecified atom stereocenters. The Kier molecular flexibility index (Phi) is 4.75. The third-order valence-corrected chi connectivity index (χ3v) is 5.04. The van der Waals surface area contributed by atoms with Crippen molar-refractivity contribution in [3.63, 3.8) is 0 Å². The van der Waals surface area contributed by atoms with Crippen molar-refractivity contribution in [1.82, 2.24) is 20.1 Å². The summed E-state index contributed by atoms with van der Waals surface area (Å²) in [6.07, 6.45) is 0. The average molecular weight is 390 g/mol. The van der Waals surface area contributed by atoms with Crippen LogP contribution in [0.4, 0.5) is 16.2 Å². The van der Waals surface area contributed by atoms with Gasteiger partial charge >= 0.3 is 6.03 Å². The minimum atomic E-state index is -0.324. The molecule has 29 heavy (non-hydrogen) atoms. The summed E-state index contributed by atoms with van der Waals surface area (Å²) in [5.41, 5.74) is 4.12. The predicted molar refractivity (Wildman–Crippen MR) is 111 cm³/mol. The number of amides is 3. The first-order chi connectivity index (χ1) is 13.9. The van der Waals surface area contributed by atoms with Gasteiger partial charge < -0.3 is 15.1 Å². The van der Waals surface area contributed by atoms with Crippen LogP contribution < -0.4 is 10.2 Å². The average Bonchev–Trinajstić information content (AvgIpc) is 3.09. The summed E-state index contributed by atoms with van der Waals surface area (Å²) in [6, 6.07) is 13.0. The molecule has 2 heterocycles. The standard InChI is InChI=1S/C21H22N6O2/c1-13-8-9-15(20-22-14(2)24-25-20)10-17(13)23-21(29)27-11-16-6-4-5-7-18(16)26(3)19(28)12-27/h4-10H,11-12H2,1-3H3,(H,23,29)(H,22,24,25). The van der Waals surface area contributed by atoms with Crippen LogP contribution in [0.5, 0.6) is 0 Å². The number of urea groups is 1. The zero-order valence-corrected chi connectivity index (χ0v) is 16.6. The molecule has 1 aliphatic rings. The van der Waals surface area contributed by atoms with E-state index in [2.05, 4.69) is 20.5 Å². The van der Waals surface area contributed by atoms with Crippen LogP contribution in [0, 0.1) is 13.8 Å². The highest BCUT2D eigenvalue weighted by atomic mass is 16.2. The van der Waals surface area contributed by atoms with Gasteiger partial charge in [-0.1, -0.05) is 30.3 Å². The fourth-order valence-electron chi connectivity index (χ4n) is 3.34. The Morgan fingerprint density at radius 1 is 1.14 bits per heavy atom. The maximum Gasteiger partial charge on any atom is 0.322 e. The molecule has 2 aromatic carbocycles. The number of nitrogens with one attached hydrogen (secondary N) is 2. The van der Waals surface area contributed by atoms with E-state index >= 15 is 0 Å². The number of hydrogen-bond acceptors (Lipinski definition) is 4. The van der Waals surface area contributed by atoms with Crippen molar-refractivity contribution in [2.24, 2.45) is 0 Å². The molecule has 1 aliphatic heterocycles. The van der Waals surface area contributed by atoms with Gasteiger partial charge in [-0.25, -0.2) is 9.78 Å². The number of hydrogen-bond donors (Lipinski definition) is 2. The second kappa shape index (κ2) is 7.38. The zero-order valence-electron chi connectivity index (χ0n) is 16.6. The summed E-state index contributed by atoms with van der Waals surface area (Å²) >= 11 is 0. The van der Waals surface area contributed by atoms with Gasteiger partial charge in [-0.15, -0.1) is 0 Å². The Bertz CT molecular complexity index is 1090. The number of carbonyl (C=O) groups is 2. The van der Waals surface area contributed by atoms with E-state index in [0.717, 1.165) is 28.2 Å². The first-order valence-electron chi connectivity index (χ1n) is 9.33. The molecule has 0 aliphatic carbocycles.